The minimum absolute atomic E-state index is 0.0141. The van der Waals surface area contributed by atoms with Gasteiger partial charge < -0.3 is 14.8 Å². The van der Waals surface area contributed by atoms with Crippen LogP contribution in [0.4, 0.5) is 14.5 Å². The van der Waals surface area contributed by atoms with Crippen molar-refractivity contribution in [2.24, 2.45) is 7.05 Å². The summed E-state index contributed by atoms with van der Waals surface area (Å²) >= 11 is 0. The van der Waals surface area contributed by atoms with Crippen molar-refractivity contribution in [2.45, 2.75) is 31.8 Å². The number of hydrogen-bond acceptors (Lipinski definition) is 5. The summed E-state index contributed by atoms with van der Waals surface area (Å²) < 4.78 is 30.5. The fourth-order valence-corrected chi connectivity index (χ4v) is 6.07. The molecule has 6 rings (SSSR count). The second kappa shape index (κ2) is 12.6. The lowest BCUT2D eigenvalue weighted by Crippen LogP contribution is -2.33. The first-order chi connectivity index (χ1) is 21.7. The summed E-state index contributed by atoms with van der Waals surface area (Å²) in [6.07, 6.45) is 5.51. The highest BCUT2D eigenvalue weighted by Gasteiger charge is 2.23. The molecule has 232 valence electrons. The van der Waals surface area contributed by atoms with Gasteiger partial charge in [-0.1, -0.05) is 18.2 Å². The second-order valence-electron chi connectivity index (χ2n) is 11.9. The second-order valence-corrected chi connectivity index (χ2v) is 11.9. The molecule has 1 aliphatic rings. The SMILES string of the molecule is CN(C)C(=O)c1ccc(C2CCN(Cc3cc4c(-n5ccc(NCc6ccc(F)c(F)c6)cc5=O)ccnc4n3C)CC2)cc1. The van der Waals surface area contributed by atoms with E-state index in [-0.39, 0.29) is 18.0 Å². The van der Waals surface area contributed by atoms with Gasteiger partial charge in [0.15, 0.2) is 11.6 Å². The van der Waals surface area contributed by atoms with E-state index >= 15 is 0 Å². The Kier molecular flexibility index (Phi) is 8.49. The number of anilines is 1. The monoisotopic (exact) mass is 610 g/mol. The molecule has 1 fully saturated rings. The number of hydrogen-bond donors (Lipinski definition) is 1. The van der Waals surface area contributed by atoms with Crippen LogP contribution in [0.1, 0.15) is 45.9 Å². The predicted molar refractivity (Wildman–Crippen MR) is 172 cm³/mol. The average molecular weight is 611 g/mol. The number of carbonyl (C=O) groups is 1. The van der Waals surface area contributed by atoms with Gasteiger partial charge in [0.1, 0.15) is 5.65 Å². The van der Waals surface area contributed by atoms with Crippen LogP contribution in [0.25, 0.3) is 16.7 Å². The maximum atomic E-state index is 13.6. The van der Waals surface area contributed by atoms with Crippen LogP contribution in [0.2, 0.25) is 0 Å². The molecular weight excluding hydrogens is 574 g/mol. The van der Waals surface area contributed by atoms with Gasteiger partial charge in [-0.05, 0) is 85.4 Å². The van der Waals surface area contributed by atoms with E-state index in [0.717, 1.165) is 67.0 Å². The lowest BCUT2D eigenvalue weighted by molar-refractivity contribution is 0.0827. The van der Waals surface area contributed by atoms with E-state index < -0.39 is 11.6 Å². The number of piperidine rings is 1. The van der Waals surface area contributed by atoms with E-state index in [1.54, 1.807) is 42.0 Å². The predicted octanol–water partition coefficient (Wildman–Crippen LogP) is 5.70. The summed E-state index contributed by atoms with van der Waals surface area (Å²) in [4.78, 5) is 34.1. The zero-order valence-corrected chi connectivity index (χ0v) is 25.6. The molecule has 0 spiro atoms. The molecule has 45 heavy (non-hydrogen) atoms. The zero-order valence-electron chi connectivity index (χ0n) is 25.6. The van der Waals surface area contributed by atoms with Gasteiger partial charge in [-0.3, -0.25) is 19.1 Å². The molecule has 1 amide bonds. The number of fused-ring (bicyclic) bond motifs is 1. The molecule has 2 aromatic carbocycles. The Balaban J connectivity index is 1.13. The van der Waals surface area contributed by atoms with Gasteiger partial charge in [-0.2, -0.15) is 0 Å². The number of aromatic nitrogens is 3. The average Bonchev–Trinajstić information content (AvgIpc) is 3.36. The van der Waals surface area contributed by atoms with Gasteiger partial charge in [0, 0.05) is 75.0 Å². The summed E-state index contributed by atoms with van der Waals surface area (Å²) in [6.45, 7) is 2.95. The number of aryl methyl sites for hydroxylation is 1. The first kappa shape index (κ1) is 30.2. The molecule has 0 atom stereocenters. The fraction of sp³-hybridized carbons (Fsp3) is 0.286. The Morgan fingerprint density at radius 3 is 2.42 bits per heavy atom. The molecular formula is C35H36F2N6O2. The highest BCUT2D eigenvalue weighted by molar-refractivity contribution is 5.93. The van der Waals surface area contributed by atoms with E-state index in [2.05, 4.69) is 38.0 Å². The Bertz CT molecular complexity index is 1910. The van der Waals surface area contributed by atoms with Crippen molar-refractivity contribution in [3.8, 4) is 5.69 Å². The molecule has 5 aromatic rings. The third kappa shape index (κ3) is 6.37. The van der Waals surface area contributed by atoms with Crippen LogP contribution in [0, 0.1) is 11.6 Å². The highest BCUT2D eigenvalue weighted by Crippen LogP contribution is 2.30. The zero-order chi connectivity index (χ0) is 31.7. The maximum Gasteiger partial charge on any atom is 0.257 e. The third-order valence-corrected chi connectivity index (χ3v) is 8.67. The van der Waals surface area contributed by atoms with Gasteiger partial charge in [0.2, 0.25) is 0 Å². The summed E-state index contributed by atoms with van der Waals surface area (Å²) in [5.74, 6) is -1.32. The molecule has 1 N–H and O–H groups in total. The first-order valence-corrected chi connectivity index (χ1v) is 15.1. The van der Waals surface area contributed by atoms with Crippen molar-refractivity contribution in [3.63, 3.8) is 0 Å². The number of nitrogens with zero attached hydrogens (tertiary/aromatic N) is 5. The molecule has 0 saturated carbocycles. The Morgan fingerprint density at radius 1 is 0.978 bits per heavy atom. The number of halogens is 2. The molecule has 0 radical (unpaired) electrons. The number of carbonyl (C=O) groups excluding carboxylic acids is 1. The Labute approximate surface area is 260 Å². The van der Waals surface area contributed by atoms with Crippen molar-refractivity contribution in [2.75, 3.05) is 32.5 Å². The fourth-order valence-electron chi connectivity index (χ4n) is 6.07. The maximum absolute atomic E-state index is 13.6. The molecule has 0 unspecified atom stereocenters. The first-order valence-electron chi connectivity index (χ1n) is 15.1. The third-order valence-electron chi connectivity index (χ3n) is 8.67. The molecule has 8 nitrogen and oxygen atoms in total. The summed E-state index contributed by atoms with van der Waals surface area (Å²) in [7, 11) is 5.53. The smallest absolute Gasteiger partial charge is 0.257 e. The van der Waals surface area contributed by atoms with Crippen molar-refractivity contribution < 1.29 is 13.6 Å². The van der Waals surface area contributed by atoms with Gasteiger partial charge in [0.25, 0.3) is 11.5 Å². The topological polar surface area (TPSA) is 75.4 Å². The minimum atomic E-state index is -0.903. The van der Waals surface area contributed by atoms with Crippen molar-refractivity contribution in [1.29, 1.82) is 0 Å². The minimum Gasteiger partial charge on any atom is -0.381 e. The van der Waals surface area contributed by atoms with E-state index in [9.17, 15) is 18.4 Å². The number of nitrogens with one attached hydrogen (secondary N) is 1. The van der Waals surface area contributed by atoms with Crippen LogP contribution in [-0.2, 0) is 20.1 Å². The van der Waals surface area contributed by atoms with Crippen molar-refractivity contribution in [1.82, 2.24) is 23.9 Å². The number of pyridine rings is 2. The molecule has 1 saturated heterocycles. The summed E-state index contributed by atoms with van der Waals surface area (Å²) in [6, 6.07) is 19.0. The van der Waals surface area contributed by atoms with Crippen LogP contribution < -0.4 is 10.9 Å². The van der Waals surface area contributed by atoms with Crippen LogP contribution in [0.15, 0.2) is 83.9 Å². The lowest BCUT2D eigenvalue weighted by atomic mass is 9.89. The van der Waals surface area contributed by atoms with E-state index in [4.69, 9.17) is 0 Å². The van der Waals surface area contributed by atoms with E-state index in [1.807, 2.05) is 25.2 Å². The lowest BCUT2D eigenvalue weighted by Gasteiger charge is -2.32. The number of rotatable bonds is 8. The standard InChI is InChI=1S/C35H36F2N6O2/c1-40(2)35(45)26-7-5-24(6-8-26)25-11-15-42(16-12-25)22-28-20-29-32(10-14-38-34(29)41(28)3)43-17-13-27(19-33(43)44)39-21-23-4-9-30(36)31(37)18-23/h4-10,13-14,17-20,25,39H,11-12,15-16,21-22H2,1-3H3. The number of amides is 1. The molecule has 0 aliphatic carbocycles. The summed E-state index contributed by atoms with van der Waals surface area (Å²) in [5.41, 5.74) is 5.59. The van der Waals surface area contributed by atoms with Crippen molar-refractivity contribution in [3.05, 3.63) is 123 Å². The molecule has 10 heteroatoms. The Hall–Kier alpha value is -4.83. The number of benzene rings is 2. The van der Waals surface area contributed by atoms with Crippen molar-refractivity contribution >= 4 is 22.6 Å². The number of likely N-dealkylation sites (tertiary alicyclic amines) is 1. The van der Waals surface area contributed by atoms with Crippen LogP contribution in [0.5, 0.6) is 0 Å². The Morgan fingerprint density at radius 2 is 1.73 bits per heavy atom. The molecule has 4 heterocycles. The van der Waals surface area contributed by atoms with E-state index in [1.165, 1.54) is 17.7 Å². The van der Waals surface area contributed by atoms with Crippen LogP contribution in [-0.4, -0.2) is 57.0 Å². The van der Waals surface area contributed by atoms with E-state index in [0.29, 0.717) is 22.7 Å². The van der Waals surface area contributed by atoms with Gasteiger partial charge in [-0.15, -0.1) is 0 Å². The van der Waals surface area contributed by atoms with Crippen LogP contribution in [0.3, 0.4) is 0 Å². The molecule has 0 bridgehead atoms. The van der Waals surface area contributed by atoms with Gasteiger partial charge in [0.05, 0.1) is 5.69 Å². The van der Waals surface area contributed by atoms with Gasteiger partial charge >= 0.3 is 0 Å². The highest BCUT2D eigenvalue weighted by atomic mass is 19.2. The van der Waals surface area contributed by atoms with Gasteiger partial charge in [-0.25, -0.2) is 13.8 Å². The largest absolute Gasteiger partial charge is 0.381 e. The normalized spacial score (nSPS) is 14.2. The molecule has 3 aromatic heterocycles. The molecule has 1 aliphatic heterocycles. The quantitative estimate of drug-likeness (QED) is 0.244. The van der Waals surface area contributed by atoms with Crippen LogP contribution >= 0.6 is 0 Å². The summed E-state index contributed by atoms with van der Waals surface area (Å²) in [5, 5.41) is 4.00.